The number of aromatic nitrogens is 1. The van der Waals surface area contributed by atoms with Gasteiger partial charge in [-0.15, -0.1) is 0 Å². The van der Waals surface area contributed by atoms with E-state index < -0.39 is 0 Å². The fourth-order valence-corrected chi connectivity index (χ4v) is 2.67. The van der Waals surface area contributed by atoms with Crippen LogP contribution in [-0.2, 0) is 0 Å². The Morgan fingerprint density at radius 1 is 1.03 bits per heavy atom. The van der Waals surface area contributed by atoms with Crippen LogP contribution in [0.2, 0.25) is 0 Å². The summed E-state index contributed by atoms with van der Waals surface area (Å²) in [5, 5.41) is 2.81. The molecule has 0 aliphatic carbocycles. The van der Waals surface area contributed by atoms with Crippen LogP contribution < -0.4 is 20.5 Å². The minimum Gasteiger partial charge on any atom is -0.493 e. The highest BCUT2D eigenvalue weighted by Gasteiger charge is 2.11. The molecule has 0 saturated heterocycles. The number of carbonyl (C=O) groups excluding carboxylic acids is 1. The molecule has 1 aromatic heterocycles. The van der Waals surface area contributed by atoms with Gasteiger partial charge < -0.3 is 20.5 Å². The number of nitrogens with two attached hydrogens (primary N) is 1. The second-order valence-electron chi connectivity index (χ2n) is 6.64. The average Bonchev–Trinajstić information content (AvgIpc) is 2.70. The lowest BCUT2D eigenvalue weighted by Crippen LogP contribution is -2.15. The number of amides is 1. The zero-order valence-electron chi connectivity index (χ0n) is 16.6. The van der Waals surface area contributed by atoms with Crippen molar-refractivity contribution in [3.05, 3.63) is 71.9 Å². The van der Waals surface area contributed by atoms with Gasteiger partial charge in [-0.2, -0.15) is 0 Å². The van der Waals surface area contributed by atoms with E-state index in [4.69, 9.17) is 15.2 Å². The van der Waals surface area contributed by atoms with Crippen LogP contribution in [0.1, 0.15) is 35.8 Å². The lowest BCUT2D eigenvalue weighted by atomic mass is 10.2. The van der Waals surface area contributed by atoms with Gasteiger partial charge in [0.25, 0.3) is 5.91 Å². The van der Waals surface area contributed by atoms with E-state index in [0.29, 0.717) is 29.4 Å². The molecular weight excluding hydrogens is 366 g/mol. The Hall–Kier alpha value is -3.54. The Labute approximate surface area is 170 Å². The summed E-state index contributed by atoms with van der Waals surface area (Å²) >= 11 is 0. The summed E-state index contributed by atoms with van der Waals surface area (Å²) in [5.74, 6) is 2.03. The van der Waals surface area contributed by atoms with Gasteiger partial charge in [0.1, 0.15) is 23.1 Å². The lowest BCUT2D eigenvalue weighted by Gasteiger charge is -2.10. The highest BCUT2D eigenvalue weighted by Crippen LogP contribution is 2.26. The second-order valence-corrected chi connectivity index (χ2v) is 6.64. The number of unbranched alkanes of at least 4 members (excludes halogenated alkanes) is 1. The first-order valence-electron chi connectivity index (χ1n) is 9.60. The fraction of sp³-hybridized carbons (Fsp3) is 0.217. The molecule has 6 heteroatoms. The van der Waals surface area contributed by atoms with Crippen molar-refractivity contribution in [2.45, 2.75) is 26.7 Å². The number of hydrogen-bond acceptors (Lipinski definition) is 5. The first kappa shape index (κ1) is 20.2. The van der Waals surface area contributed by atoms with E-state index >= 15 is 0 Å². The molecule has 3 N–H and O–H groups in total. The Morgan fingerprint density at radius 3 is 2.52 bits per heavy atom. The van der Waals surface area contributed by atoms with Gasteiger partial charge in [-0.05, 0) is 61.9 Å². The van der Waals surface area contributed by atoms with Gasteiger partial charge in [-0.1, -0.05) is 19.4 Å². The maximum absolute atomic E-state index is 12.4. The number of nitrogen functional groups attached to an aromatic ring is 1. The third kappa shape index (κ3) is 5.72. The van der Waals surface area contributed by atoms with Crippen LogP contribution in [0, 0.1) is 6.92 Å². The molecular formula is C23H25N3O3. The third-order valence-corrected chi connectivity index (χ3v) is 4.23. The van der Waals surface area contributed by atoms with Crippen molar-refractivity contribution in [1.29, 1.82) is 0 Å². The molecule has 150 valence electrons. The first-order chi connectivity index (χ1) is 14.0. The van der Waals surface area contributed by atoms with Crippen LogP contribution >= 0.6 is 0 Å². The summed E-state index contributed by atoms with van der Waals surface area (Å²) in [6.45, 7) is 4.64. The first-order valence-corrected chi connectivity index (χ1v) is 9.60. The second kappa shape index (κ2) is 9.59. The van der Waals surface area contributed by atoms with Crippen molar-refractivity contribution in [1.82, 2.24) is 4.98 Å². The number of hydrogen-bond donors (Lipinski definition) is 2. The van der Waals surface area contributed by atoms with Crippen molar-refractivity contribution < 1.29 is 14.3 Å². The molecule has 0 atom stereocenters. The van der Waals surface area contributed by atoms with Crippen molar-refractivity contribution in [2.75, 3.05) is 17.7 Å². The summed E-state index contributed by atoms with van der Waals surface area (Å²) < 4.78 is 11.6. The average molecular weight is 391 g/mol. The molecule has 3 aromatic rings. The molecule has 0 aliphatic heterocycles. The van der Waals surface area contributed by atoms with Crippen LogP contribution in [0.4, 0.5) is 11.5 Å². The van der Waals surface area contributed by atoms with Crippen LogP contribution in [0.5, 0.6) is 17.2 Å². The van der Waals surface area contributed by atoms with E-state index in [0.717, 1.165) is 24.3 Å². The highest BCUT2D eigenvalue weighted by molar-refractivity contribution is 6.07. The molecule has 6 nitrogen and oxygen atoms in total. The van der Waals surface area contributed by atoms with E-state index in [1.54, 1.807) is 36.4 Å². The van der Waals surface area contributed by atoms with Crippen LogP contribution in [0.25, 0.3) is 0 Å². The van der Waals surface area contributed by atoms with Gasteiger partial charge in [0, 0.05) is 17.4 Å². The number of anilines is 2. The number of rotatable bonds is 8. The molecule has 0 bridgehead atoms. The maximum Gasteiger partial charge on any atom is 0.259 e. The smallest absolute Gasteiger partial charge is 0.259 e. The Morgan fingerprint density at radius 2 is 1.79 bits per heavy atom. The maximum atomic E-state index is 12.4. The van der Waals surface area contributed by atoms with Gasteiger partial charge in [-0.3, -0.25) is 4.79 Å². The largest absolute Gasteiger partial charge is 0.493 e. The standard InChI is InChI=1S/C23H25N3O3/c1-3-4-14-28-19-6-5-7-20(15-19)29-18-11-9-17(10-12-18)26-23(27)21-13-8-16(2)25-22(21)24/h5-13,15H,3-4,14H2,1-2H3,(H2,24,25)(H,26,27). The normalized spacial score (nSPS) is 10.4. The monoisotopic (exact) mass is 391 g/mol. The Balaban J connectivity index is 1.61. The number of pyridine rings is 1. The summed E-state index contributed by atoms with van der Waals surface area (Å²) in [6, 6.07) is 18.1. The fourth-order valence-electron chi connectivity index (χ4n) is 2.67. The Kier molecular flexibility index (Phi) is 6.68. The van der Waals surface area contributed by atoms with Crippen molar-refractivity contribution >= 4 is 17.4 Å². The number of carbonyl (C=O) groups is 1. The number of ether oxygens (including phenoxy) is 2. The number of nitrogens with one attached hydrogen (secondary N) is 1. The number of benzene rings is 2. The van der Waals surface area contributed by atoms with E-state index in [9.17, 15) is 4.79 Å². The topological polar surface area (TPSA) is 86.5 Å². The molecule has 0 aliphatic rings. The van der Waals surface area contributed by atoms with Gasteiger partial charge in [0.05, 0.1) is 12.2 Å². The van der Waals surface area contributed by atoms with Crippen LogP contribution in [0.15, 0.2) is 60.7 Å². The van der Waals surface area contributed by atoms with Gasteiger partial charge in [-0.25, -0.2) is 4.98 Å². The molecule has 0 radical (unpaired) electrons. The van der Waals surface area contributed by atoms with E-state index in [-0.39, 0.29) is 11.7 Å². The SMILES string of the molecule is CCCCOc1cccc(Oc2ccc(NC(=O)c3ccc(C)nc3N)cc2)c1. The molecule has 0 fully saturated rings. The van der Waals surface area contributed by atoms with Crippen molar-refractivity contribution in [2.24, 2.45) is 0 Å². The zero-order valence-corrected chi connectivity index (χ0v) is 16.6. The lowest BCUT2D eigenvalue weighted by molar-refractivity contribution is 0.102. The minimum absolute atomic E-state index is 0.212. The van der Waals surface area contributed by atoms with Crippen LogP contribution in [0.3, 0.4) is 0 Å². The highest BCUT2D eigenvalue weighted by atomic mass is 16.5. The molecule has 0 spiro atoms. The van der Waals surface area contributed by atoms with E-state index in [1.807, 2.05) is 31.2 Å². The molecule has 1 heterocycles. The van der Waals surface area contributed by atoms with E-state index in [1.165, 1.54) is 0 Å². The van der Waals surface area contributed by atoms with Gasteiger partial charge in [0.2, 0.25) is 0 Å². The summed E-state index contributed by atoms with van der Waals surface area (Å²) in [4.78, 5) is 16.5. The molecule has 3 rings (SSSR count). The predicted octanol–water partition coefficient (Wildman–Crippen LogP) is 5.20. The van der Waals surface area contributed by atoms with Crippen molar-refractivity contribution in [3.8, 4) is 17.2 Å². The van der Waals surface area contributed by atoms with Crippen molar-refractivity contribution in [3.63, 3.8) is 0 Å². The molecule has 0 unspecified atom stereocenters. The summed E-state index contributed by atoms with van der Waals surface area (Å²) in [6.07, 6.45) is 2.11. The van der Waals surface area contributed by atoms with Crippen LogP contribution in [-0.4, -0.2) is 17.5 Å². The van der Waals surface area contributed by atoms with E-state index in [2.05, 4.69) is 17.2 Å². The molecule has 29 heavy (non-hydrogen) atoms. The predicted molar refractivity (Wildman–Crippen MR) is 115 cm³/mol. The third-order valence-electron chi connectivity index (χ3n) is 4.23. The van der Waals surface area contributed by atoms with Gasteiger partial charge in [0.15, 0.2) is 0 Å². The quantitative estimate of drug-likeness (QED) is 0.516. The number of nitrogens with zero attached hydrogens (tertiary/aromatic N) is 1. The summed E-state index contributed by atoms with van der Waals surface area (Å²) in [7, 11) is 0. The summed E-state index contributed by atoms with van der Waals surface area (Å²) in [5.41, 5.74) is 7.58. The zero-order chi connectivity index (χ0) is 20.6. The minimum atomic E-state index is -0.305. The Bertz CT molecular complexity index is 971. The molecule has 0 saturated carbocycles. The molecule has 2 aromatic carbocycles. The van der Waals surface area contributed by atoms with Gasteiger partial charge >= 0.3 is 0 Å². The molecule has 1 amide bonds. The number of aryl methyl sites for hydroxylation is 1.